The predicted molar refractivity (Wildman–Crippen MR) is 108 cm³/mol. The van der Waals surface area contributed by atoms with Gasteiger partial charge in [0.05, 0.1) is 18.4 Å². The van der Waals surface area contributed by atoms with Crippen LogP contribution >= 0.6 is 0 Å². The number of aromatic nitrogens is 3. The van der Waals surface area contributed by atoms with Gasteiger partial charge in [0, 0.05) is 37.3 Å². The van der Waals surface area contributed by atoms with Crippen LogP contribution < -0.4 is 10.6 Å². The van der Waals surface area contributed by atoms with Gasteiger partial charge in [-0.15, -0.1) is 0 Å². The molecule has 0 aliphatic carbocycles. The Balaban J connectivity index is 2.03. The summed E-state index contributed by atoms with van der Waals surface area (Å²) in [6.45, 7) is 10.2. The molecule has 0 saturated heterocycles. The number of nitrogens with zero attached hydrogens (tertiary/aromatic N) is 5. The third kappa shape index (κ3) is 6.09. The fourth-order valence-electron chi connectivity index (χ4n) is 2.62. The van der Waals surface area contributed by atoms with Crippen molar-refractivity contribution in [3.8, 4) is 0 Å². The number of nitrogens with one attached hydrogen (secondary N) is 2. The molecule has 2 aromatic heterocycles. The first-order chi connectivity index (χ1) is 12.7. The molecule has 2 aromatic rings. The van der Waals surface area contributed by atoms with Crippen LogP contribution in [0.3, 0.4) is 0 Å². The molecule has 1 atom stereocenters. The van der Waals surface area contributed by atoms with Gasteiger partial charge < -0.3 is 20.0 Å². The Morgan fingerprint density at radius 1 is 1.30 bits per heavy atom. The Hall–Kier alpha value is -2.35. The lowest BCUT2D eigenvalue weighted by atomic mass is 9.94. The highest BCUT2D eigenvalue weighted by Crippen LogP contribution is 2.22. The SMILES string of the molecule is CCNC(=NCc1ncc(C(C)(C)C)o1)NCC(c1cnn(C)c1)N(C)C. The normalized spacial score (nSPS) is 13.9. The summed E-state index contributed by atoms with van der Waals surface area (Å²) < 4.78 is 7.64. The maximum absolute atomic E-state index is 5.82. The number of guanidine groups is 1. The van der Waals surface area contributed by atoms with Crippen LogP contribution in [0.2, 0.25) is 0 Å². The highest BCUT2D eigenvalue weighted by atomic mass is 16.4. The lowest BCUT2D eigenvalue weighted by Crippen LogP contribution is -2.41. The third-order valence-corrected chi connectivity index (χ3v) is 4.21. The summed E-state index contributed by atoms with van der Waals surface area (Å²) in [5.74, 6) is 2.23. The van der Waals surface area contributed by atoms with Crippen LogP contribution in [0, 0.1) is 0 Å². The zero-order chi connectivity index (χ0) is 20.0. The highest BCUT2D eigenvalue weighted by Gasteiger charge is 2.19. The van der Waals surface area contributed by atoms with Gasteiger partial charge in [0.1, 0.15) is 12.3 Å². The summed E-state index contributed by atoms with van der Waals surface area (Å²) in [7, 11) is 6.05. The predicted octanol–water partition coefficient (Wildman–Crippen LogP) is 2.06. The molecule has 27 heavy (non-hydrogen) atoms. The lowest BCUT2D eigenvalue weighted by Gasteiger charge is -2.24. The second-order valence-electron chi connectivity index (χ2n) is 7.87. The number of likely N-dealkylation sites (N-methyl/N-ethyl adjacent to an activating group) is 1. The van der Waals surface area contributed by atoms with Crippen LogP contribution in [0.5, 0.6) is 0 Å². The second kappa shape index (κ2) is 9.03. The molecular formula is C19H33N7O. The van der Waals surface area contributed by atoms with Crippen molar-refractivity contribution in [3.05, 3.63) is 35.8 Å². The van der Waals surface area contributed by atoms with Gasteiger partial charge in [0.2, 0.25) is 5.89 Å². The molecule has 0 aliphatic heterocycles. The maximum Gasteiger partial charge on any atom is 0.216 e. The molecule has 0 saturated carbocycles. The van der Waals surface area contributed by atoms with Crippen molar-refractivity contribution in [2.24, 2.45) is 12.0 Å². The lowest BCUT2D eigenvalue weighted by molar-refractivity contribution is 0.298. The van der Waals surface area contributed by atoms with E-state index in [4.69, 9.17) is 4.42 Å². The molecule has 0 amide bonds. The molecule has 2 rings (SSSR count). The van der Waals surface area contributed by atoms with Crippen molar-refractivity contribution in [2.45, 2.75) is 45.7 Å². The topological polar surface area (TPSA) is 83.5 Å². The molecule has 0 spiro atoms. The van der Waals surface area contributed by atoms with Gasteiger partial charge >= 0.3 is 0 Å². The van der Waals surface area contributed by atoms with Gasteiger partial charge in [-0.1, -0.05) is 20.8 Å². The first-order valence-corrected chi connectivity index (χ1v) is 9.33. The Morgan fingerprint density at radius 2 is 2.04 bits per heavy atom. The van der Waals surface area contributed by atoms with Crippen LogP contribution in [0.25, 0.3) is 0 Å². The zero-order valence-corrected chi connectivity index (χ0v) is 17.6. The average Bonchev–Trinajstić information content (AvgIpc) is 3.21. The fourth-order valence-corrected chi connectivity index (χ4v) is 2.62. The summed E-state index contributed by atoms with van der Waals surface area (Å²) in [6.07, 6.45) is 5.73. The Kier molecular flexibility index (Phi) is 7.01. The molecule has 150 valence electrons. The van der Waals surface area contributed by atoms with Crippen LogP contribution in [-0.2, 0) is 19.0 Å². The van der Waals surface area contributed by atoms with Crippen LogP contribution in [0.4, 0.5) is 0 Å². The molecule has 0 radical (unpaired) electrons. The van der Waals surface area contributed by atoms with E-state index in [0.717, 1.165) is 23.8 Å². The smallest absolute Gasteiger partial charge is 0.216 e. The van der Waals surface area contributed by atoms with E-state index in [-0.39, 0.29) is 11.5 Å². The number of hydrogen-bond donors (Lipinski definition) is 2. The first-order valence-electron chi connectivity index (χ1n) is 9.33. The second-order valence-corrected chi connectivity index (χ2v) is 7.87. The van der Waals surface area contributed by atoms with E-state index in [1.165, 1.54) is 0 Å². The number of aryl methyl sites for hydroxylation is 1. The fraction of sp³-hybridized carbons (Fsp3) is 0.632. The van der Waals surface area contributed by atoms with Gasteiger partial charge in [-0.3, -0.25) is 4.68 Å². The molecule has 0 fully saturated rings. The molecule has 0 aromatic carbocycles. The van der Waals surface area contributed by atoms with Gasteiger partial charge in [0.25, 0.3) is 0 Å². The van der Waals surface area contributed by atoms with Crippen molar-refractivity contribution in [3.63, 3.8) is 0 Å². The Morgan fingerprint density at radius 3 is 2.56 bits per heavy atom. The summed E-state index contributed by atoms with van der Waals surface area (Å²) >= 11 is 0. The Labute approximate surface area is 162 Å². The van der Waals surface area contributed by atoms with Gasteiger partial charge in [0.15, 0.2) is 5.96 Å². The highest BCUT2D eigenvalue weighted by molar-refractivity contribution is 5.79. The van der Waals surface area contributed by atoms with Gasteiger partial charge in [-0.05, 0) is 21.0 Å². The summed E-state index contributed by atoms with van der Waals surface area (Å²) in [5, 5.41) is 11.0. The minimum Gasteiger partial charge on any atom is -0.443 e. The van der Waals surface area contributed by atoms with Gasteiger partial charge in [-0.25, -0.2) is 9.98 Å². The minimum absolute atomic E-state index is 0.0552. The molecule has 0 bridgehead atoms. The number of aliphatic imine (C=N–C) groups is 1. The first kappa shape index (κ1) is 21.0. The number of rotatable bonds is 7. The molecule has 8 nitrogen and oxygen atoms in total. The van der Waals surface area contributed by atoms with E-state index in [9.17, 15) is 0 Å². The largest absolute Gasteiger partial charge is 0.443 e. The zero-order valence-electron chi connectivity index (χ0n) is 17.6. The molecule has 0 aliphatic rings. The maximum atomic E-state index is 5.82. The average molecular weight is 376 g/mol. The summed E-state index contributed by atoms with van der Waals surface area (Å²) in [5.41, 5.74) is 1.11. The quantitative estimate of drug-likeness (QED) is 0.569. The van der Waals surface area contributed by atoms with Crippen molar-refractivity contribution in [1.29, 1.82) is 0 Å². The molecular weight excluding hydrogens is 342 g/mol. The van der Waals surface area contributed by atoms with E-state index in [1.54, 1.807) is 6.20 Å². The minimum atomic E-state index is -0.0552. The van der Waals surface area contributed by atoms with Crippen molar-refractivity contribution >= 4 is 5.96 Å². The summed E-state index contributed by atoms with van der Waals surface area (Å²) in [6, 6.07) is 0.191. The van der Waals surface area contributed by atoms with E-state index in [2.05, 4.69) is 65.5 Å². The van der Waals surface area contributed by atoms with E-state index >= 15 is 0 Å². The van der Waals surface area contributed by atoms with Crippen molar-refractivity contribution < 1.29 is 4.42 Å². The molecule has 2 heterocycles. The molecule has 8 heteroatoms. The molecule has 2 N–H and O–H groups in total. The van der Waals surface area contributed by atoms with Gasteiger partial charge in [-0.2, -0.15) is 5.10 Å². The van der Waals surface area contributed by atoms with Crippen LogP contribution in [0.1, 0.15) is 51.0 Å². The Bertz CT molecular complexity index is 739. The van der Waals surface area contributed by atoms with Crippen molar-refractivity contribution in [2.75, 3.05) is 27.2 Å². The standard InChI is InChI=1S/C19H33N7O/c1-8-20-18(23-12-17-21-11-16(27-17)19(2,3)4)22-10-15(25(5)6)14-9-24-26(7)13-14/h9,11,13,15H,8,10,12H2,1-7H3,(H2,20,22,23). The third-order valence-electron chi connectivity index (χ3n) is 4.21. The van der Waals surface area contributed by atoms with Crippen LogP contribution in [0.15, 0.2) is 28.0 Å². The van der Waals surface area contributed by atoms with Crippen molar-refractivity contribution in [1.82, 2.24) is 30.3 Å². The number of oxazole rings is 1. The van der Waals surface area contributed by atoms with Crippen LogP contribution in [-0.4, -0.2) is 52.8 Å². The molecule has 1 unspecified atom stereocenters. The van der Waals surface area contributed by atoms with E-state index in [0.29, 0.717) is 19.0 Å². The van der Waals surface area contributed by atoms with E-state index < -0.39 is 0 Å². The summed E-state index contributed by atoms with van der Waals surface area (Å²) in [4.78, 5) is 11.1. The monoisotopic (exact) mass is 375 g/mol. The number of hydrogen-bond acceptors (Lipinski definition) is 5. The van der Waals surface area contributed by atoms with E-state index in [1.807, 2.05) is 31.0 Å².